The molecule has 9 nitrogen and oxygen atoms in total. The third-order valence-corrected chi connectivity index (χ3v) is 6.26. The molecule has 0 atom stereocenters. The van der Waals surface area contributed by atoms with Crippen LogP contribution in [0.5, 0.6) is 23.0 Å². The normalized spacial score (nSPS) is 12.4. The molecule has 0 aromatic heterocycles. The van der Waals surface area contributed by atoms with E-state index < -0.39 is 15.9 Å². The molecule has 29 heavy (non-hydrogen) atoms. The Kier molecular flexibility index (Phi) is 5.73. The Labute approximate surface area is 169 Å². The van der Waals surface area contributed by atoms with Gasteiger partial charge in [-0.15, -0.1) is 0 Å². The van der Waals surface area contributed by atoms with Crippen LogP contribution in [-0.2, 0) is 10.0 Å². The Balaban J connectivity index is 2.02. The van der Waals surface area contributed by atoms with Gasteiger partial charge in [-0.3, -0.25) is 9.10 Å². The van der Waals surface area contributed by atoms with E-state index in [0.717, 1.165) is 4.31 Å². The molecule has 1 heterocycles. The molecule has 3 rings (SSSR count). The first-order valence-electron chi connectivity index (χ1n) is 8.74. The molecule has 0 spiro atoms. The second-order valence-corrected chi connectivity index (χ2v) is 8.40. The van der Waals surface area contributed by atoms with Crippen molar-refractivity contribution >= 4 is 27.3 Å². The summed E-state index contributed by atoms with van der Waals surface area (Å²) in [6, 6.07) is 7.88. The molecule has 1 N–H and O–H groups in total. The van der Waals surface area contributed by atoms with Crippen molar-refractivity contribution in [2.75, 3.05) is 43.4 Å². The molecule has 10 heteroatoms. The van der Waals surface area contributed by atoms with E-state index in [0.29, 0.717) is 28.7 Å². The predicted molar refractivity (Wildman–Crippen MR) is 108 cm³/mol. The van der Waals surface area contributed by atoms with E-state index in [2.05, 4.69) is 5.32 Å². The number of nitrogens with zero attached hydrogens (tertiary/aromatic N) is 1. The van der Waals surface area contributed by atoms with Gasteiger partial charge in [0.05, 0.1) is 31.2 Å². The van der Waals surface area contributed by atoms with E-state index in [1.807, 2.05) is 0 Å². The SMILES string of the molecule is CCS(=O)(=O)N(C)c1cc(OC)c(OC)cc1C(=O)Nc1ccc2c(c1)OCO2. The average Bonchev–Trinajstić information content (AvgIpc) is 3.19. The van der Waals surface area contributed by atoms with Gasteiger partial charge in [-0.1, -0.05) is 0 Å². The van der Waals surface area contributed by atoms with Crippen molar-refractivity contribution < 1.29 is 32.2 Å². The van der Waals surface area contributed by atoms with Gasteiger partial charge in [0.15, 0.2) is 23.0 Å². The van der Waals surface area contributed by atoms with E-state index in [1.165, 1.54) is 40.3 Å². The molecular formula is C19H22N2O7S. The highest BCUT2D eigenvalue weighted by molar-refractivity contribution is 7.92. The van der Waals surface area contributed by atoms with Crippen LogP contribution in [0, 0.1) is 0 Å². The van der Waals surface area contributed by atoms with Gasteiger partial charge < -0.3 is 24.3 Å². The number of hydrogen-bond donors (Lipinski definition) is 1. The first-order valence-corrected chi connectivity index (χ1v) is 10.3. The summed E-state index contributed by atoms with van der Waals surface area (Å²) >= 11 is 0. The number of rotatable bonds is 7. The van der Waals surface area contributed by atoms with Crippen molar-refractivity contribution in [1.82, 2.24) is 0 Å². The second kappa shape index (κ2) is 8.08. The third kappa shape index (κ3) is 4.02. The minimum Gasteiger partial charge on any atom is -0.493 e. The summed E-state index contributed by atoms with van der Waals surface area (Å²) in [6.45, 7) is 1.64. The number of benzene rings is 2. The maximum absolute atomic E-state index is 13.0. The predicted octanol–water partition coefficient (Wildman–Crippen LogP) is 2.47. The van der Waals surface area contributed by atoms with Crippen LogP contribution in [0.1, 0.15) is 17.3 Å². The summed E-state index contributed by atoms with van der Waals surface area (Å²) in [5.74, 6) is 1.07. The molecule has 0 unspecified atom stereocenters. The minimum atomic E-state index is -3.61. The van der Waals surface area contributed by atoms with Crippen LogP contribution in [0.15, 0.2) is 30.3 Å². The fourth-order valence-corrected chi connectivity index (χ4v) is 3.66. The van der Waals surface area contributed by atoms with Crippen molar-refractivity contribution in [2.45, 2.75) is 6.92 Å². The fraction of sp³-hybridized carbons (Fsp3) is 0.316. The number of sulfonamides is 1. The molecule has 2 aromatic carbocycles. The topological polar surface area (TPSA) is 103 Å². The lowest BCUT2D eigenvalue weighted by molar-refractivity contribution is 0.102. The van der Waals surface area contributed by atoms with Gasteiger partial charge in [0, 0.05) is 24.9 Å². The maximum atomic E-state index is 13.0. The Hall–Kier alpha value is -3.14. The average molecular weight is 422 g/mol. The second-order valence-electron chi connectivity index (χ2n) is 6.11. The van der Waals surface area contributed by atoms with E-state index in [-0.39, 0.29) is 23.8 Å². The summed E-state index contributed by atoms with van der Waals surface area (Å²) in [5, 5.41) is 2.75. The number of nitrogens with one attached hydrogen (secondary N) is 1. The molecule has 0 bridgehead atoms. The maximum Gasteiger partial charge on any atom is 0.257 e. The molecule has 156 valence electrons. The van der Waals surface area contributed by atoms with Crippen LogP contribution in [0.2, 0.25) is 0 Å². The van der Waals surface area contributed by atoms with Crippen LogP contribution in [0.4, 0.5) is 11.4 Å². The van der Waals surface area contributed by atoms with Gasteiger partial charge in [0.1, 0.15) is 0 Å². The Morgan fingerprint density at radius 3 is 2.41 bits per heavy atom. The molecule has 1 amide bonds. The number of hydrogen-bond acceptors (Lipinski definition) is 7. The molecule has 0 saturated carbocycles. The third-order valence-electron chi connectivity index (χ3n) is 4.50. The molecule has 0 aliphatic carbocycles. The number of amides is 1. The molecular weight excluding hydrogens is 400 g/mol. The van der Waals surface area contributed by atoms with Gasteiger partial charge in [-0.2, -0.15) is 0 Å². The quantitative estimate of drug-likeness (QED) is 0.731. The summed E-state index contributed by atoms with van der Waals surface area (Å²) in [7, 11) is 0.641. The summed E-state index contributed by atoms with van der Waals surface area (Å²) in [4.78, 5) is 13.0. The first-order chi connectivity index (χ1) is 13.8. The van der Waals surface area contributed by atoms with Crippen molar-refractivity contribution in [3.63, 3.8) is 0 Å². The highest BCUT2D eigenvalue weighted by atomic mass is 32.2. The van der Waals surface area contributed by atoms with E-state index in [4.69, 9.17) is 18.9 Å². The standard InChI is InChI=1S/C19H22N2O7S/c1-5-29(23,24)21(2)14-10-17(26-4)16(25-3)9-13(14)19(22)20-12-6-7-15-18(8-12)28-11-27-15/h6-10H,5,11H2,1-4H3,(H,20,22). The number of carbonyl (C=O) groups excluding carboxylic acids is 1. The van der Waals surface area contributed by atoms with Crippen LogP contribution in [-0.4, -0.2) is 48.1 Å². The molecule has 0 saturated heterocycles. The van der Waals surface area contributed by atoms with Crippen molar-refractivity contribution in [3.8, 4) is 23.0 Å². The molecule has 2 aromatic rings. The fourth-order valence-electron chi connectivity index (χ4n) is 2.83. The molecule has 0 radical (unpaired) electrons. The van der Waals surface area contributed by atoms with Crippen molar-refractivity contribution in [2.24, 2.45) is 0 Å². The van der Waals surface area contributed by atoms with Crippen LogP contribution in [0.25, 0.3) is 0 Å². The zero-order valence-corrected chi connectivity index (χ0v) is 17.3. The highest BCUT2D eigenvalue weighted by Crippen LogP contribution is 2.37. The monoisotopic (exact) mass is 422 g/mol. The van der Waals surface area contributed by atoms with Gasteiger partial charge in [0.2, 0.25) is 16.8 Å². The largest absolute Gasteiger partial charge is 0.493 e. The van der Waals surface area contributed by atoms with E-state index >= 15 is 0 Å². The van der Waals surface area contributed by atoms with Crippen LogP contribution in [0.3, 0.4) is 0 Å². The van der Waals surface area contributed by atoms with Crippen molar-refractivity contribution in [3.05, 3.63) is 35.9 Å². The zero-order chi connectivity index (χ0) is 21.2. The van der Waals surface area contributed by atoms with Gasteiger partial charge in [-0.25, -0.2) is 8.42 Å². The highest BCUT2D eigenvalue weighted by Gasteiger charge is 2.25. The van der Waals surface area contributed by atoms with Crippen LogP contribution < -0.4 is 28.6 Å². The number of fused-ring (bicyclic) bond motifs is 1. The Morgan fingerprint density at radius 2 is 1.76 bits per heavy atom. The molecule has 1 aliphatic heterocycles. The summed E-state index contributed by atoms with van der Waals surface area (Å²) < 4.78 is 47.0. The van der Waals surface area contributed by atoms with Gasteiger partial charge in [-0.05, 0) is 25.1 Å². The van der Waals surface area contributed by atoms with Gasteiger partial charge >= 0.3 is 0 Å². The van der Waals surface area contributed by atoms with Gasteiger partial charge in [0.25, 0.3) is 5.91 Å². The lowest BCUT2D eigenvalue weighted by Gasteiger charge is -2.23. The lowest BCUT2D eigenvalue weighted by atomic mass is 10.1. The summed E-state index contributed by atoms with van der Waals surface area (Å²) in [5.41, 5.74) is 0.753. The summed E-state index contributed by atoms with van der Waals surface area (Å²) in [6.07, 6.45) is 0. The van der Waals surface area contributed by atoms with Crippen molar-refractivity contribution in [1.29, 1.82) is 0 Å². The minimum absolute atomic E-state index is 0.111. The zero-order valence-electron chi connectivity index (χ0n) is 16.5. The molecule has 1 aliphatic rings. The van der Waals surface area contributed by atoms with E-state index in [1.54, 1.807) is 18.2 Å². The van der Waals surface area contributed by atoms with Crippen LogP contribution >= 0.6 is 0 Å². The number of methoxy groups -OCH3 is 2. The number of carbonyl (C=O) groups is 1. The Morgan fingerprint density at radius 1 is 1.10 bits per heavy atom. The first kappa shape index (κ1) is 20.6. The smallest absolute Gasteiger partial charge is 0.257 e. The molecule has 0 fully saturated rings. The number of ether oxygens (including phenoxy) is 4. The Bertz CT molecular complexity index is 1040. The number of anilines is 2. The lowest BCUT2D eigenvalue weighted by Crippen LogP contribution is -2.30. The van der Waals surface area contributed by atoms with E-state index in [9.17, 15) is 13.2 Å².